The monoisotopic (exact) mass is 360 g/mol. The molecule has 2 aromatic carbocycles. The smallest absolute Gasteiger partial charge is 0.293 e. The maximum absolute atomic E-state index is 11.2. The summed E-state index contributed by atoms with van der Waals surface area (Å²) in [5.41, 5.74) is 2.43. The average Bonchev–Trinajstić information content (AvgIpc) is 2.72. The van der Waals surface area contributed by atoms with E-state index in [1.165, 1.54) is 6.07 Å². The van der Waals surface area contributed by atoms with Crippen LogP contribution in [0.4, 0.5) is 11.4 Å². The Balaban J connectivity index is 1.61. The van der Waals surface area contributed by atoms with E-state index in [0.717, 1.165) is 16.9 Å². The van der Waals surface area contributed by atoms with Gasteiger partial charge in [0.2, 0.25) is 0 Å². The molecule has 1 heterocycles. The number of ether oxygens (including phenoxy) is 1. The molecule has 134 valence electrons. The molecule has 0 aliphatic rings. The number of pyridine rings is 1. The van der Waals surface area contributed by atoms with E-state index in [-0.39, 0.29) is 11.3 Å². The molecule has 0 saturated carbocycles. The molecule has 1 aromatic heterocycles. The number of hydrogen-bond acceptors (Lipinski definition) is 6. The SMILES string of the molecule is N#Cc1ccc(NCc2ccc(OCc3cccnc3)cc2)c([N+](=O)[O-])c1. The first-order chi connectivity index (χ1) is 13.2. The van der Waals surface area contributed by atoms with E-state index in [0.29, 0.717) is 18.8 Å². The van der Waals surface area contributed by atoms with Crippen molar-refractivity contribution in [2.75, 3.05) is 5.32 Å². The Hall–Kier alpha value is -3.92. The molecule has 0 aliphatic heterocycles. The van der Waals surface area contributed by atoms with Gasteiger partial charge in [0.05, 0.1) is 16.6 Å². The highest BCUT2D eigenvalue weighted by atomic mass is 16.6. The van der Waals surface area contributed by atoms with E-state index in [1.807, 2.05) is 42.5 Å². The number of nitrogens with zero attached hydrogens (tertiary/aromatic N) is 3. The molecule has 3 aromatic rings. The number of aromatic nitrogens is 1. The van der Waals surface area contributed by atoms with Gasteiger partial charge in [0.15, 0.2) is 0 Å². The summed E-state index contributed by atoms with van der Waals surface area (Å²) >= 11 is 0. The molecule has 0 atom stereocenters. The van der Waals surface area contributed by atoms with Crippen LogP contribution in [-0.4, -0.2) is 9.91 Å². The second-order valence-electron chi connectivity index (χ2n) is 5.75. The molecule has 7 nitrogen and oxygen atoms in total. The highest BCUT2D eigenvalue weighted by molar-refractivity contribution is 5.64. The fraction of sp³-hybridized carbons (Fsp3) is 0.100. The van der Waals surface area contributed by atoms with Gasteiger partial charge in [-0.2, -0.15) is 5.26 Å². The lowest BCUT2D eigenvalue weighted by atomic mass is 10.1. The Morgan fingerprint density at radius 1 is 1.15 bits per heavy atom. The van der Waals surface area contributed by atoms with Crippen molar-refractivity contribution in [3.8, 4) is 11.8 Å². The number of nitro groups is 1. The van der Waals surface area contributed by atoms with Crippen LogP contribution in [0.15, 0.2) is 67.0 Å². The minimum absolute atomic E-state index is 0.120. The minimum atomic E-state index is -0.501. The molecule has 27 heavy (non-hydrogen) atoms. The Morgan fingerprint density at radius 2 is 1.96 bits per heavy atom. The summed E-state index contributed by atoms with van der Waals surface area (Å²) in [4.78, 5) is 14.7. The van der Waals surface area contributed by atoms with Gasteiger partial charge in [0, 0.05) is 30.6 Å². The molecule has 7 heteroatoms. The summed E-state index contributed by atoms with van der Waals surface area (Å²) in [6.45, 7) is 0.846. The summed E-state index contributed by atoms with van der Waals surface area (Å²) in [5, 5.41) is 23.1. The van der Waals surface area contributed by atoms with Crippen molar-refractivity contribution in [1.82, 2.24) is 4.98 Å². The normalized spacial score (nSPS) is 10.0. The number of benzene rings is 2. The topological polar surface area (TPSA) is 101 Å². The zero-order valence-electron chi connectivity index (χ0n) is 14.3. The highest BCUT2D eigenvalue weighted by Crippen LogP contribution is 2.26. The first-order valence-corrected chi connectivity index (χ1v) is 8.19. The van der Waals surface area contributed by atoms with Crippen LogP contribution < -0.4 is 10.1 Å². The Kier molecular flexibility index (Phi) is 5.60. The van der Waals surface area contributed by atoms with Crippen molar-refractivity contribution >= 4 is 11.4 Å². The molecule has 0 spiro atoms. The fourth-order valence-electron chi connectivity index (χ4n) is 2.45. The van der Waals surface area contributed by atoms with E-state index in [9.17, 15) is 10.1 Å². The summed E-state index contributed by atoms with van der Waals surface area (Å²) in [6.07, 6.45) is 3.46. The molecule has 0 bridgehead atoms. The fourth-order valence-corrected chi connectivity index (χ4v) is 2.45. The number of nitriles is 1. The number of nitrogens with one attached hydrogen (secondary N) is 1. The molecule has 0 saturated heterocycles. The molecular weight excluding hydrogens is 344 g/mol. The van der Waals surface area contributed by atoms with Crippen LogP contribution >= 0.6 is 0 Å². The van der Waals surface area contributed by atoms with Crippen LogP contribution in [-0.2, 0) is 13.2 Å². The van der Waals surface area contributed by atoms with E-state index in [4.69, 9.17) is 10.00 Å². The molecule has 0 unspecified atom stereocenters. The molecule has 3 rings (SSSR count). The number of nitro benzene ring substituents is 1. The second kappa shape index (κ2) is 8.45. The number of hydrogen-bond donors (Lipinski definition) is 1. The first-order valence-electron chi connectivity index (χ1n) is 8.19. The van der Waals surface area contributed by atoms with Gasteiger partial charge in [-0.3, -0.25) is 15.1 Å². The van der Waals surface area contributed by atoms with Crippen LogP contribution in [0.25, 0.3) is 0 Å². The van der Waals surface area contributed by atoms with Crippen molar-refractivity contribution in [3.63, 3.8) is 0 Å². The van der Waals surface area contributed by atoms with Gasteiger partial charge >= 0.3 is 0 Å². The van der Waals surface area contributed by atoms with Gasteiger partial charge in [-0.1, -0.05) is 18.2 Å². The van der Waals surface area contributed by atoms with E-state index in [2.05, 4.69) is 10.3 Å². The lowest BCUT2D eigenvalue weighted by Gasteiger charge is -2.09. The third-order valence-corrected chi connectivity index (χ3v) is 3.86. The van der Waals surface area contributed by atoms with Crippen LogP contribution in [0.1, 0.15) is 16.7 Å². The Bertz CT molecular complexity index is 967. The zero-order chi connectivity index (χ0) is 19.1. The minimum Gasteiger partial charge on any atom is -0.489 e. The number of anilines is 1. The van der Waals surface area contributed by atoms with Gasteiger partial charge in [0.1, 0.15) is 18.0 Å². The Labute approximate surface area is 156 Å². The molecule has 0 amide bonds. The quantitative estimate of drug-likeness (QED) is 0.504. The van der Waals surface area contributed by atoms with Crippen LogP contribution in [0.3, 0.4) is 0 Å². The van der Waals surface area contributed by atoms with E-state index < -0.39 is 4.92 Å². The van der Waals surface area contributed by atoms with Crippen molar-refractivity contribution in [3.05, 3.63) is 93.8 Å². The van der Waals surface area contributed by atoms with Crippen LogP contribution in [0.2, 0.25) is 0 Å². The van der Waals surface area contributed by atoms with Crippen molar-refractivity contribution in [2.24, 2.45) is 0 Å². The van der Waals surface area contributed by atoms with Gasteiger partial charge in [-0.15, -0.1) is 0 Å². The van der Waals surface area contributed by atoms with E-state index >= 15 is 0 Å². The summed E-state index contributed by atoms with van der Waals surface area (Å²) in [7, 11) is 0. The van der Waals surface area contributed by atoms with Gasteiger partial charge in [-0.05, 0) is 35.9 Å². The summed E-state index contributed by atoms with van der Waals surface area (Å²) in [6, 6.07) is 17.5. The van der Waals surface area contributed by atoms with Gasteiger partial charge < -0.3 is 10.1 Å². The van der Waals surface area contributed by atoms with Crippen LogP contribution in [0.5, 0.6) is 5.75 Å². The molecule has 0 fully saturated rings. The average molecular weight is 360 g/mol. The lowest BCUT2D eigenvalue weighted by Crippen LogP contribution is -2.03. The number of rotatable bonds is 7. The molecule has 0 aliphatic carbocycles. The predicted molar refractivity (Wildman–Crippen MR) is 100 cm³/mol. The Morgan fingerprint density at radius 3 is 2.63 bits per heavy atom. The van der Waals surface area contributed by atoms with Crippen molar-refractivity contribution in [1.29, 1.82) is 5.26 Å². The molecular formula is C20H16N4O3. The van der Waals surface area contributed by atoms with E-state index in [1.54, 1.807) is 24.5 Å². The third-order valence-electron chi connectivity index (χ3n) is 3.86. The predicted octanol–water partition coefficient (Wildman–Crippen LogP) is 4.05. The maximum atomic E-state index is 11.2. The summed E-state index contributed by atoms with van der Waals surface area (Å²) in [5.74, 6) is 0.729. The molecule has 1 N–H and O–H groups in total. The van der Waals surface area contributed by atoms with Gasteiger partial charge in [0.25, 0.3) is 5.69 Å². The standard InChI is InChI=1S/C20H16N4O3/c21-11-16-5-8-19(20(10-16)24(25)26)23-13-15-3-6-18(7-4-15)27-14-17-2-1-9-22-12-17/h1-10,12,23H,13-14H2. The first kappa shape index (κ1) is 17.9. The zero-order valence-corrected chi connectivity index (χ0v) is 14.3. The maximum Gasteiger partial charge on any atom is 0.293 e. The third kappa shape index (κ3) is 4.80. The summed E-state index contributed by atoms with van der Waals surface area (Å²) < 4.78 is 5.71. The van der Waals surface area contributed by atoms with Gasteiger partial charge in [-0.25, -0.2) is 0 Å². The molecule has 0 radical (unpaired) electrons. The van der Waals surface area contributed by atoms with Crippen molar-refractivity contribution < 1.29 is 9.66 Å². The van der Waals surface area contributed by atoms with Crippen molar-refractivity contribution in [2.45, 2.75) is 13.2 Å². The highest BCUT2D eigenvalue weighted by Gasteiger charge is 2.14. The lowest BCUT2D eigenvalue weighted by molar-refractivity contribution is -0.384. The second-order valence-corrected chi connectivity index (χ2v) is 5.75. The largest absolute Gasteiger partial charge is 0.489 e. The van der Waals surface area contributed by atoms with Crippen LogP contribution in [0, 0.1) is 21.4 Å².